The standard InChI is InChI=1S/C13H14ClF3N6O2S/c1-18-12(26)22-21-11(24)9-3-7(25-23-9)5-20-10-8(14)2-6(4-19-10)13(15,16)17/h2,4,7H,3,5H2,1H3,(H,19,20)(H,21,24)(H2,18,22,26). The smallest absolute Gasteiger partial charge is 0.390 e. The second-order valence-electron chi connectivity index (χ2n) is 5.06. The van der Waals surface area contributed by atoms with Gasteiger partial charge in [-0.05, 0) is 18.3 Å². The number of hydrazine groups is 1. The molecule has 8 nitrogen and oxygen atoms in total. The van der Waals surface area contributed by atoms with E-state index in [2.05, 4.69) is 31.6 Å². The van der Waals surface area contributed by atoms with Crippen LogP contribution in [0.5, 0.6) is 0 Å². The van der Waals surface area contributed by atoms with E-state index in [9.17, 15) is 18.0 Å². The lowest BCUT2D eigenvalue weighted by Crippen LogP contribution is -2.48. The third-order valence-corrected chi connectivity index (χ3v) is 3.77. The third kappa shape index (κ3) is 5.33. The number of aromatic nitrogens is 1. The van der Waals surface area contributed by atoms with Gasteiger partial charge in [-0.2, -0.15) is 13.2 Å². The van der Waals surface area contributed by atoms with E-state index in [1.807, 2.05) is 0 Å². The summed E-state index contributed by atoms with van der Waals surface area (Å²) in [6.07, 6.45) is -4.17. The van der Waals surface area contributed by atoms with E-state index in [1.54, 1.807) is 7.05 Å². The van der Waals surface area contributed by atoms with Crippen molar-refractivity contribution >= 4 is 46.4 Å². The molecule has 1 amide bonds. The molecule has 1 aromatic heterocycles. The van der Waals surface area contributed by atoms with Crippen LogP contribution < -0.4 is 21.5 Å². The van der Waals surface area contributed by atoms with Crippen molar-refractivity contribution in [2.75, 3.05) is 18.9 Å². The molecule has 1 atom stereocenters. The SMILES string of the molecule is CNC(=S)NNC(=O)C1=NOC(CNc2ncc(C(F)(F)F)cc2Cl)C1. The number of alkyl halides is 3. The summed E-state index contributed by atoms with van der Waals surface area (Å²) in [5, 5.41) is 9.08. The number of hydrogen-bond donors (Lipinski definition) is 4. The quantitative estimate of drug-likeness (QED) is 0.440. The van der Waals surface area contributed by atoms with Crippen molar-refractivity contribution in [2.45, 2.75) is 18.7 Å². The summed E-state index contributed by atoms with van der Waals surface area (Å²) in [7, 11) is 1.58. The molecule has 0 fully saturated rings. The van der Waals surface area contributed by atoms with Gasteiger partial charge >= 0.3 is 6.18 Å². The molecule has 0 saturated carbocycles. The van der Waals surface area contributed by atoms with E-state index >= 15 is 0 Å². The molecule has 1 aliphatic heterocycles. The number of anilines is 1. The molecule has 0 bridgehead atoms. The Morgan fingerprint density at radius 3 is 2.81 bits per heavy atom. The monoisotopic (exact) mass is 410 g/mol. The maximum Gasteiger partial charge on any atom is 0.417 e. The molecule has 4 N–H and O–H groups in total. The van der Waals surface area contributed by atoms with Crippen molar-refractivity contribution in [2.24, 2.45) is 5.16 Å². The molecule has 1 aromatic rings. The molecular weight excluding hydrogens is 397 g/mol. The molecule has 1 aliphatic rings. The molecule has 1 unspecified atom stereocenters. The van der Waals surface area contributed by atoms with Gasteiger partial charge in [0.25, 0.3) is 5.91 Å². The first-order valence-corrected chi connectivity index (χ1v) is 7.96. The Balaban J connectivity index is 1.83. The number of amides is 1. The van der Waals surface area contributed by atoms with Crippen LogP contribution in [0, 0.1) is 0 Å². The van der Waals surface area contributed by atoms with Gasteiger partial charge in [-0.3, -0.25) is 15.6 Å². The third-order valence-electron chi connectivity index (χ3n) is 3.18. The Morgan fingerprint density at radius 1 is 1.46 bits per heavy atom. The molecule has 13 heteroatoms. The average molecular weight is 411 g/mol. The number of rotatable bonds is 4. The van der Waals surface area contributed by atoms with Crippen molar-refractivity contribution in [1.29, 1.82) is 0 Å². The van der Waals surface area contributed by atoms with Crippen LogP contribution in [0.15, 0.2) is 17.4 Å². The molecule has 2 heterocycles. The Kier molecular flexibility index (Phi) is 6.42. The van der Waals surface area contributed by atoms with Gasteiger partial charge in [0.2, 0.25) is 0 Å². The lowest BCUT2D eigenvalue weighted by molar-refractivity contribution is -0.137. The molecule has 0 saturated heterocycles. The number of hydrogen-bond acceptors (Lipinski definition) is 6. The van der Waals surface area contributed by atoms with Gasteiger partial charge in [-0.15, -0.1) is 0 Å². The highest BCUT2D eigenvalue weighted by Gasteiger charge is 2.32. The van der Waals surface area contributed by atoms with E-state index in [0.717, 1.165) is 6.07 Å². The lowest BCUT2D eigenvalue weighted by Gasteiger charge is -2.13. The number of carbonyl (C=O) groups excluding carboxylic acids is 1. The molecule has 26 heavy (non-hydrogen) atoms. The van der Waals surface area contributed by atoms with Crippen molar-refractivity contribution in [3.63, 3.8) is 0 Å². The number of pyridine rings is 1. The predicted octanol–water partition coefficient (Wildman–Crippen LogP) is 1.44. The van der Waals surface area contributed by atoms with Crippen LogP contribution in [0.4, 0.5) is 19.0 Å². The highest BCUT2D eigenvalue weighted by molar-refractivity contribution is 7.80. The number of thiocarbonyl (C=S) groups is 1. The van der Waals surface area contributed by atoms with Gasteiger partial charge in [0.05, 0.1) is 17.1 Å². The Labute approximate surface area is 156 Å². The van der Waals surface area contributed by atoms with Crippen LogP contribution in [0.3, 0.4) is 0 Å². The summed E-state index contributed by atoms with van der Waals surface area (Å²) in [5.41, 5.74) is 3.98. The van der Waals surface area contributed by atoms with E-state index in [4.69, 9.17) is 28.7 Å². The highest BCUT2D eigenvalue weighted by atomic mass is 35.5. The predicted molar refractivity (Wildman–Crippen MR) is 92.6 cm³/mol. The summed E-state index contributed by atoms with van der Waals surface area (Å²) >= 11 is 10.6. The van der Waals surface area contributed by atoms with Crippen molar-refractivity contribution in [3.05, 3.63) is 22.8 Å². The van der Waals surface area contributed by atoms with Gasteiger partial charge in [-0.1, -0.05) is 16.8 Å². The van der Waals surface area contributed by atoms with Crippen LogP contribution >= 0.6 is 23.8 Å². The molecule has 0 radical (unpaired) electrons. The van der Waals surface area contributed by atoms with Crippen LogP contribution in [-0.4, -0.2) is 41.4 Å². The molecule has 0 aliphatic carbocycles. The number of halogens is 4. The molecule has 0 spiro atoms. The second kappa shape index (κ2) is 8.36. The maximum atomic E-state index is 12.6. The van der Waals surface area contributed by atoms with Crippen molar-refractivity contribution in [3.8, 4) is 0 Å². The lowest BCUT2D eigenvalue weighted by atomic mass is 10.1. The summed E-state index contributed by atoms with van der Waals surface area (Å²) in [5.74, 6) is -0.446. The number of nitrogens with one attached hydrogen (secondary N) is 4. The zero-order chi connectivity index (χ0) is 19.3. The zero-order valence-electron chi connectivity index (χ0n) is 13.3. The normalized spacial score (nSPS) is 16.3. The number of nitrogens with zero attached hydrogens (tertiary/aromatic N) is 2. The summed E-state index contributed by atoms with van der Waals surface area (Å²) < 4.78 is 37.7. The van der Waals surface area contributed by atoms with E-state index < -0.39 is 23.8 Å². The Bertz CT molecular complexity index is 730. The first-order valence-electron chi connectivity index (χ1n) is 7.18. The van der Waals surface area contributed by atoms with Crippen LogP contribution in [0.25, 0.3) is 0 Å². The topological polar surface area (TPSA) is 99.7 Å². The first-order chi connectivity index (χ1) is 12.2. The average Bonchev–Trinajstić information content (AvgIpc) is 3.06. The van der Waals surface area contributed by atoms with Crippen LogP contribution in [0.2, 0.25) is 5.02 Å². The molecule has 2 rings (SSSR count). The van der Waals surface area contributed by atoms with Gasteiger partial charge < -0.3 is 15.5 Å². The minimum atomic E-state index is -4.52. The van der Waals surface area contributed by atoms with E-state index in [1.165, 1.54) is 0 Å². The fourth-order valence-electron chi connectivity index (χ4n) is 1.85. The minimum Gasteiger partial charge on any atom is -0.390 e. The summed E-state index contributed by atoms with van der Waals surface area (Å²) in [4.78, 5) is 20.6. The molecule has 142 valence electrons. The summed E-state index contributed by atoms with van der Waals surface area (Å²) in [6, 6.07) is 0.776. The fraction of sp³-hybridized carbons (Fsp3) is 0.385. The van der Waals surface area contributed by atoms with Gasteiger partial charge in [0.1, 0.15) is 11.5 Å². The Hall–Kier alpha value is -2.34. The van der Waals surface area contributed by atoms with Crippen molar-refractivity contribution < 1.29 is 22.8 Å². The Morgan fingerprint density at radius 2 is 2.19 bits per heavy atom. The van der Waals surface area contributed by atoms with Gasteiger partial charge in [0, 0.05) is 19.7 Å². The zero-order valence-corrected chi connectivity index (χ0v) is 14.8. The molecular formula is C13H14ClF3N6O2S. The summed E-state index contributed by atoms with van der Waals surface area (Å²) in [6.45, 7) is 0.140. The first kappa shape index (κ1) is 20.0. The van der Waals surface area contributed by atoms with Gasteiger partial charge in [0.15, 0.2) is 11.2 Å². The number of carbonyl (C=O) groups is 1. The largest absolute Gasteiger partial charge is 0.417 e. The van der Waals surface area contributed by atoms with Crippen LogP contribution in [-0.2, 0) is 15.8 Å². The maximum absolute atomic E-state index is 12.6. The number of oxime groups is 1. The van der Waals surface area contributed by atoms with E-state index in [-0.39, 0.29) is 34.6 Å². The van der Waals surface area contributed by atoms with E-state index in [0.29, 0.717) is 6.20 Å². The highest BCUT2D eigenvalue weighted by Crippen LogP contribution is 2.32. The van der Waals surface area contributed by atoms with Gasteiger partial charge in [-0.25, -0.2) is 4.98 Å². The molecule has 0 aromatic carbocycles. The van der Waals surface area contributed by atoms with Crippen molar-refractivity contribution in [1.82, 2.24) is 21.2 Å². The second-order valence-corrected chi connectivity index (χ2v) is 5.88. The minimum absolute atomic E-state index is 0.0715. The fourth-order valence-corrected chi connectivity index (χ4v) is 2.14. The van der Waals surface area contributed by atoms with Crippen LogP contribution in [0.1, 0.15) is 12.0 Å².